The van der Waals surface area contributed by atoms with Crippen molar-refractivity contribution in [3.63, 3.8) is 0 Å². The van der Waals surface area contributed by atoms with Crippen molar-refractivity contribution in [3.8, 4) is 0 Å². The standard InChI is InChI=1S/C12H9BN2O/c13-10-6-4-9(5-7-10)12(16)15-11-3-1-2-8-14-11/h1-8H,(H,14,15,16). The number of anilines is 1. The zero-order chi connectivity index (χ0) is 11.4. The van der Waals surface area contributed by atoms with Gasteiger partial charge in [0.15, 0.2) is 0 Å². The number of amides is 1. The van der Waals surface area contributed by atoms with Crippen LogP contribution in [-0.4, -0.2) is 18.7 Å². The highest BCUT2D eigenvalue weighted by Gasteiger charge is 2.05. The fourth-order valence-electron chi connectivity index (χ4n) is 1.26. The Morgan fingerprint density at radius 1 is 1.12 bits per heavy atom. The second kappa shape index (κ2) is 4.62. The molecule has 2 rings (SSSR count). The molecule has 2 radical (unpaired) electrons. The molecular weight excluding hydrogens is 199 g/mol. The smallest absolute Gasteiger partial charge is 0.256 e. The molecule has 1 aromatic carbocycles. The van der Waals surface area contributed by atoms with Gasteiger partial charge < -0.3 is 5.32 Å². The first-order valence-corrected chi connectivity index (χ1v) is 4.83. The Balaban J connectivity index is 2.12. The van der Waals surface area contributed by atoms with Gasteiger partial charge in [0.1, 0.15) is 13.7 Å². The quantitative estimate of drug-likeness (QED) is 0.751. The Bertz CT molecular complexity index is 482. The highest BCUT2D eigenvalue weighted by molar-refractivity contribution is 6.32. The van der Waals surface area contributed by atoms with Crippen LogP contribution in [0.1, 0.15) is 10.4 Å². The van der Waals surface area contributed by atoms with Crippen LogP contribution in [-0.2, 0) is 0 Å². The second-order valence-corrected chi connectivity index (χ2v) is 3.29. The third-order valence-electron chi connectivity index (χ3n) is 2.08. The molecule has 0 aliphatic heterocycles. The number of carbonyl (C=O) groups is 1. The molecule has 2 aromatic rings. The Kier molecular flexibility index (Phi) is 3.01. The minimum atomic E-state index is -0.196. The predicted octanol–water partition coefficient (Wildman–Crippen LogP) is 1.13. The number of pyridine rings is 1. The third-order valence-corrected chi connectivity index (χ3v) is 2.08. The van der Waals surface area contributed by atoms with Gasteiger partial charge >= 0.3 is 0 Å². The van der Waals surface area contributed by atoms with Crippen molar-refractivity contribution < 1.29 is 4.79 Å². The highest BCUT2D eigenvalue weighted by atomic mass is 16.1. The topological polar surface area (TPSA) is 42.0 Å². The van der Waals surface area contributed by atoms with E-state index < -0.39 is 0 Å². The molecule has 0 aliphatic rings. The van der Waals surface area contributed by atoms with Gasteiger partial charge in [-0.15, -0.1) is 0 Å². The summed E-state index contributed by atoms with van der Waals surface area (Å²) in [6.07, 6.45) is 1.62. The molecule has 0 unspecified atom stereocenters. The maximum atomic E-state index is 11.7. The van der Waals surface area contributed by atoms with Gasteiger partial charge in [0, 0.05) is 11.8 Å². The zero-order valence-electron chi connectivity index (χ0n) is 8.55. The largest absolute Gasteiger partial charge is 0.307 e. The first kappa shape index (κ1) is 10.4. The van der Waals surface area contributed by atoms with E-state index in [-0.39, 0.29) is 5.91 Å². The Labute approximate surface area is 94.9 Å². The monoisotopic (exact) mass is 208 g/mol. The summed E-state index contributed by atoms with van der Waals surface area (Å²) in [5, 5.41) is 2.69. The summed E-state index contributed by atoms with van der Waals surface area (Å²) in [6.45, 7) is 0. The lowest BCUT2D eigenvalue weighted by Crippen LogP contribution is -2.14. The number of nitrogens with one attached hydrogen (secondary N) is 1. The van der Waals surface area contributed by atoms with Crippen molar-refractivity contribution in [1.29, 1.82) is 0 Å². The molecule has 76 valence electrons. The maximum absolute atomic E-state index is 11.7. The number of carbonyl (C=O) groups excluding carboxylic acids is 1. The lowest BCUT2D eigenvalue weighted by Gasteiger charge is -2.04. The molecule has 0 atom stereocenters. The van der Waals surface area contributed by atoms with Gasteiger partial charge in [-0.25, -0.2) is 4.98 Å². The van der Waals surface area contributed by atoms with Crippen LogP contribution < -0.4 is 10.8 Å². The number of nitrogens with zero attached hydrogens (tertiary/aromatic N) is 1. The summed E-state index contributed by atoms with van der Waals surface area (Å²) >= 11 is 0. The SMILES string of the molecule is [B]c1ccc(C(=O)Nc2ccccn2)cc1. The van der Waals surface area contributed by atoms with Crippen molar-refractivity contribution in [2.75, 3.05) is 5.32 Å². The van der Waals surface area contributed by atoms with Crippen LogP contribution in [0.5, 0.6) is 0 Å². The van der Waals surface area contributed by atoms with Gasteiger partial charge in [0.25, 0.3) is 5.91 Å². The molecule has 16 heavy (non-hydrogen) atoms. The van der Waals surface area contributed by atoms with Crippen molar-refractivity contribution in [2.24, 2.45) is 0 Å². The molecule has 1 N–H and O–H groups in total. The molecule has 0 aliphatic carbocycles. The Morgan fingerprint density at radius 2 is 1.88 bits per heavy atom. The second-order valence-electron chi connectivity index (χ2n) is 3.29. The van der Waals surface area contributed by atoms with E-state index in [1.165, 1.54) is 0 Å². The van der Waals surface area contributed by atoms with Crippen LogP contribution in [0.2, 0.25) is 0 Å². The summed E-state index contributed by atoms with van der Waals surface area (Å²) in [4.78, 5) is 15.7. The Hall–Kier alpha value is -2.10. The van der Waals surface area contributed by atoms with E-state index in [9.17, 15) is 4.79 Å². The number of rotatable bonds is 2. The summed E-state index contributed by atoms with van der Waals surface area (Å²) in [6, 6.07) is 12.1. The van der Waals surface area contributed by atoms with Gasteiger partial charge in [-0.05, 0) is 12.1 Å². The van der Waals surface area contributed by atoms with Crippen LogP contribution in [0.25, 0.3) is 0 Å². The van der Waals surface area contributed by atoms with Crippen molar-refractivity contribution in [1.82, 2.24) is 4.98 Å². The lowest BCUT2D eigenvalue weighted by atomic mass is 9.95. The number of hydrogen-bond acceptors (Lipinski definition) is 2. The van der Waals surface area contributed by atoms with Crippen molar-refractivity contribution in [3.05, 3.63) is 54.2 Å². The van der Waals surface area contributed by atoms with Gasteiger partial charge in [0.05, 0.1) is 0 Å². The van der Waals surface area contributed by atoms with E-state index in [1.54, 1.807) is 42.6 Å². The number of benzene rings is 1. The zero-order valence-corrected chi connectivity index (χ0v) is 8.55. The predicted molar refractivity (Wildman–Crippen MR) is 64.0 cm³/mol. The van der Waals surface area contributed by atoms with E-state index >= 15 is 0 Å². The first-order chi connectivity index (χ1) is 7.75. The van der Waals surface area contributed by atoms with Gasteiger partial charge in [-0.2, -0.15) is 0 Å². The molecule has 0 saturated heterocycles. The molecule has 3 nitrogen and oxygen atoms in total. The van der Waals surface area contributed by atoms with Crippen LogP contribution in [0.15, 0.2) is 48.7 Å². The van der Waals surface area contributed by atoms with Crippen LogP contribution in [0, 0.1) is 0 Å². The van der Waals surface area contributed by atoms with E-state index in [2.05, 4.69) is 10.3 Å². The normalized spacial score (nSPS) is 9.75. The molecule has 1 amide bonds. The molecule has 1 aromatic heterocycles. The molecule has 0 fully saturated rings. The summed E-state index contributed by atoms with van der Waals surface area (Å²) < 4.78 is 0. The maximum Gasteiger partial charge on any atom is 0.256 e. The van der Waals surface area contributed by atoms with E-state index in [4.69, 9.17) is 7.85 Å². The first-order valence-electron chi connectivity index (χ1n) is 4.83. The highest BCUT2D eigenvalue weighted by Crippen LogP contribution is 2.04. The fraction of sp³-hybridized carbons (Fsp3) is 0. The van der Waals surface area contributed by atoms with Gasteiger partial charge in [-0.1, -0.05) is 35.8 Å². The average molecular weight is 208 g/mol. The van der Waals surface area contributed by atoms with Crippen LogP contribution in [0.3, 0.4) is 0 Å². The van der Waals surface area contributed by atoms with E-state index in [0.717, 1.165) is 0 Å². The van der Waals surface area contributed by atoms with Crippen LogP contribution in [0.4, 0.5) is 5.82 Å². The van der Waals surface area contributed by atoms with Crippen molar-refractivity contribution in [2.45, 2.75) is 0 Å². The summed E-state index contributed by atoms with van der Waals surface area (Å²) in [5.74, 6) is 0.336. The molecule has 0 spiro atoms. The molecule has 1 heterocycles. The fourth-order valence-corrected chi connectivity index (χ4v) is 1.26. The third kappa shape index (κ3) is 2.48. The van der Waals surface area contributed by atoms with Crippen molar-refractivity contribution >= 4 is 25.0 Å². The molecule has 0 saturated carbocycles. The van der Waals surface area contributed by atoms with Gasteiger partial charge in [0.2, 0.25) is 0 Å². The van der Waals surface area contributed by atoms with E-state index in [0.29, 0.717) is 16.8 Å². The minimum absolute atomic E-state index is 0.196. The summed E-state index contributed by atoms with van der Waals surface area (Å²) in [5.41, 5.74) is 1.19. The molecular formula is C12H9BN2O. The minimum Gasteiger partial charge on any atom is -0.307 e. The van der Waals surface area contributed by atoms with E-state index in [1.807, 2.05) is 6.07 Å². The van der Waals surface area contributed by atoms with Crippen LogP contribution >= 0.6 is 0 Å². The molecule has 4 heteroatoms. The number of hydrogen-bond donors (Lipinski definition) is 1. The summed E-state index contributed by atoms with van der Waals surface area (Å²) in [7, 11) is 5.54. The average Bonchev–Trinajstić information content (AvgIpc) is 2.31. The lowest BCUT2D eigenvalue weighted by molar-refractivity contribution is 0.102. The molecule has 0 bridgehead atoms. The van der Waals surface area contributed by atoms with Gasteiger partial charge in [-0.3, -0.25) is 4.79 Å². The number of aromatic nitrogens is 1. The Morgan fingerprint density at radius 3 is 2.50 bits per heavy atom.